The number of nitrogens with two attached hydrogens (primary N) is 3. The van der Waals surface area contributed by atoms with Gasteiger partial charge in [-0.3, -0.25) is 19.2 Å². The minimum absolute atomic E-state index is 0.125. The molecular formula is C20H38N6O7. The lowest BCUT2D eigenvalue weighted by molar-refractivity contribution is -0.145. The van der Waals surface area contributed by atoms with Crippen LogP contribution < -0.4 is 33.2 Å². The number of aliphatic hydroxyl groups excluding tert-OH is 1. The van der Waals surface area contributed by atoms with E-state index in [1.165, 1.54) is 6.92 Å². The summed E-state index contributed by atoms with van der Waals surface area (Å²) in [5.41, 5.74) is 16.4. The fourth-order valence-electron chi connectivity index (χ4n) is 2.89. The van der Waals surface area contributed by atoms with Crippen LogP contribution in [-0.4, -0.2) is 76.6 Å². The molecule has 0 saturated carbocycles. The van der Waals surface area contributed by atoms with Gasteiger partial charge >= 0.3 is 5.97 Å². The Hall–Kier alpha value is -2.77. The molecule has 11 N–H and O–H groups in total. The second-order valence-corrected chi connectivity index (χ2v) is 8.25. The normalized spacial score (nSPS) is 15.6. The molecule has 0 bridgehead atoms. The van der Waals surface area contributed by atoms with E-state index in [9.17, 15) is 29.1 Å². The van der Waals surface area contributed by atoms with Crippen molar-refractivity contribution < 1.29 is 34.2 Å². The van der Waals surface area contributed by atoms with Crippen molar-refractivity contribution >= 4 is 29.6 Å². The molecule has 5 atom stereocenters. The molecular weight excluding hydrogens is 436 g/mol. The van der Waals surface area contributed by atoms with Gasteiger partial charge in [-0.05, 0) is 38.6 Å². The van der Waals surface area contributed by atoms with E-state index in [1.54, 1.807) is 13.8 Å². The summed E-state index contributed by atoms with van der Waals surface area (Å²) in [6.07, 6.45) is -0.0598. The number of carboxylic acid groups (broad SMARTS) is 1. The van der Waals surface area contributed by atoms with E-state index in [-0.39, 0.29) is 12.8 Å². The largest absolute Gasteiger partial charge is 0.480 e. The Morgan fingerprint density at radius 1 is 0.848 bits per heavy atom. The topological polar surface area (TPSA) is 240 Å². The van der Waals surface area contributed by atoms with Gasteiger partial charge in [0, 0.05) is 6.42 Å². The number of primary amides is 1. The van der Waals surface area contributed by atoms with E-state index >= 15 is 0 Å². The number of carbonyl (C=O) groups excluding carboxylic acids is 4. The van der Waals surface area contributed by atoms with Crippen LogP contribution in [0.15, 0.2) is 0 Å². The number of unbranched alkanes of at least 4 members (excludes halogenated alkanes) is 1. The molecule has 0 aliphatic carbocycles. The first-order chi connectivity index (χ1) is 15.3. The highest BCUT2D eigenvalue weighted by atomic mass is 16.4. The monoisotopic (exact) mass is 474 g/mol. The molecule has 4 amide bonds. The third-order valence-corrected chi connectivity index (χ3v) is 4.91. The molecule has 0 aromatic carbocycles. The van der Waals surface area contributed by atoms with Gasteiger partial charge in [0.1, 0.15) is 12.1 Å². The van der Waals surface area contributed by atoms with Crippen molar-refractivity contribution in [2.24, 2.45) is 23.1 Å². The van der Waals surface area contributed by atoms with E-state index in [0.717, 1.165) is 0 Å². The van der Waals surface area contributed by atoms with E-state index in [0.29, 0.717) is 25.8 Å². The number of aliphatic carboxylic acids is 1. The Bertz CT molecular complexity index is 686. The minimum atomic E-state index is -1.58. The summed E-state index contributed by atoms with van der Waals surface area (Å²) in [7, 11) is 0. The number of hydrogen-bond donors (Lipinski definition) is 8. The van der Waals surface area contributed by atoms with Crippen LogP contribution in [0.5, 0.6) is 0 Å². The van der Waals surface area contributed by atoms with Crippen LogP contribution in [0.1, 0.15) is 52.9 Å². The van der Waals surface area contributed by atoms with Crippen molar-refractivity contribution in [1.29, 1.82) is 0 Å². The smallest absolute Gasteiger partial charge is 0.328 e. The van der Waals surface area contributed by atoms with Crippen molar-refractivity contribution in [2.75, 3.05) is 6.54 Å². The SMILES string of the molecule is CC(C)C(NC(=O)C(CCC(N)=O)NC(=O)C(N)CCCCN)C(=O)NC(C(=O)O)C(C)O. The predicted molar refractivity (Wildman–Crippen MR) is 119 cm³/mol. The maximum atomic E-state index is 12.9. The fraction of sp³-hybridized carbons (Fsp3) is 0.750. The zero-order valence-corrected chi connectivity index (χ0v) is 19.4. The van der Waals surface area contributed by atoms with E-state index < -0.39 is 65.8 Å². The fourth-order valence-corrected chi connectivity index (χ4v) is 2.89. The maximum absolute atomic E-state index is 12.9. The first kappa shape index (κ1) is 30.2. The third-order valence-electron chi connectivity index (χ3n) is 4.91. The van der Waals surface area contributed by atoms with Crippen LogP contribution in [0.4, 0.5) is 0 Å². The number of hydrogen-bond acceptors (Lipinski definition) is 8. The van der Waals surface area contributed by atoms with Crippen LogP contribution in [0.2, 0.25) is 0 Å². The zero-order valence-electron chi connectivity index (χ0n) is 19.4. The number of carbonyl (C=O) groups is 5. The Morgan fingerprint density at radius 2 is 1.42 bits per heavy atom. The van der Waals surface area contributed by atoms with Crippen LogP contribution in [-0.2, 0) is 24.0 Å². The maximum Gasteiger partial charge on any atom is 0.328 e. The first-order valence-corrected chi connectivity index (χ1v) is 10.9. The molecule has 0 aliphatic heterocycles. The van der Waals surface area contributed by atoms with Gasteiger partial charge in [-0.2, -0.15) is 0 Å². The average molecular weight is 475 g/mol. The molecule has 0 aromatic heterocycles. The molecule has 0 aromatic rings. The summed E-state index contributed by atoms with van der Waals surface area (Å²) >= 11 is 0. The Balaban J connectivity index is 5.40. The van der Waals surface area contributed by atoms with Crippen LogP contribution in [0.25, 0.3) is 0 Å². The highest BCUT2D eigenvalue weighted by Gasteiger charge is 2.33. The standard InChI is InChI=1S/C20H38N6O7/c1-10(2)15(19(31)26-16(11(3)27)20(32)33)25-18(30)13(7-8-14(23)28)24-17(29)12(22)6-4-5-9-21/h10-13,15-16,27H,4-9,21-22H2,1-3H3,(H2,23,28)(H,24,29)(H,25,30)(H,26,31)(H,32,33). The highest BCUT2D eigenvalue weighted by molar-refractivity contribution is 5.94. The Kier molecular flexibility index (Phi) is 13.9. The van der Waals surface area contributed by atoms with Crippen LogP contribution in [0, 0.1) is 5.92 Å². The second-order valence-electron chi connectivity index (χ2n) is 8.25. The highest BCUT2D eigenvalue weighted by Crippen LogP contribution is 2.07. The summed E-state index contributed by atoms with van der Waals surface area (Å²) in [4.78, 5) is 60.4. The second kappa shape index (κ2) is 15.1. The molecule has 0 heterocycles. The molecule has 0 radical (unpaired) electrons. The molecule has 5 unspecified atom stereocenters. The minimum Gasteiger partial charge on any atom is -0.480 e. The van der Waals surface area contributed by atoms with Crippen molar-refractivity contribution in [3.63, 3.8) is 0 Å². The summed E-state index contributed by atoms with van der Waals surface area (Å²) in [6, 6.07) is -4.85. The molecule has 0 spiro atoms. The van der Waals surface area contributed by atoms with Gasteiger partial charge in [-0.25, -0.2) is 4.79 Å². The summed E-state index contributed by atoms with van der Waals surface area (Å²) in [5, 5.41) is 25.9. The van der Waals surface area contributed by atoms with E-state index in [4.69, 9.17) is 22.3 Å². The average Bonchev–Trinajstić information content (AvgIpc) is 2.71. The Labute approximate surface area is 193 Å². The van der Waals surface area contributed by atoms with Gasteiger partial charge in [-0.15, -0.1) is 0 Å². The van der Waals surface area contributed by atoms with Gasteiger partial charge < -0.3 is 43.4 Å². The van der Waals surface area contributed by atoms with Crippen LogP contribution >= 0.6 is 0 Å². The molecule has 0 saturated heterocycles. The molecule has 13 heteroatoms. The van der Waals surface area contributed by atoms with Gasteiger partial charge in [0.25, 0.3) is 0 Å². The van der Waals surface area contributed by atoms with Crippen molar-refractivity contribution in [3.8, 4) is 0 Å². The summed E-state index contributed by atoms with van der Waals surface area (Å²) in [5.74, 6) is -4.80. The molecule has 0 aliphatic rings. The number of rotatable bonds is 16. The van der Waals surface area contributed by atoms with Crippen LogP contribution in [0.3, 0.4) is 0 Å². The van der Waals surface area contributed by atoms with Crippen molar-refractivity contribution in [2.45, 2.75) is 83.1 Å². The number of nitrogens with one attached hydrogen (secondary N) is 3. The molecule has 33 heavy (non-hydrogen) atoms. The van der Waals surface area contributed by atoms with Gasteiger partial charge in [0.15, 0.2) is 6.04 Å². The molecule has 13 nitrogen and oxygen atoms in total. The zero-order chi connectivity index (χ0) is 25.7. The Morgan fingerprint density at radius 3 is 1.88 bits per heavy atom. The van der Waals surface area contributed by atoms with E-state index in [2.05, 4.69) is 16.0 Å². The van der Waals surface area contributed by atoms with Crippen molar-refractivity contribution in [3.05, 3.63) is 0 Å². The lowest BCUT2D eigenvalue weighted by atomic mass is 10.0. The number of aliphatic hydroxyl groups is 1. The lowest BCUT2D eigenvalue weighted by Crippen LogP contribution is -2.59. The lowest BCUT2D eigenvalue weighted by Gasteiger charge is -2.27. The predicted octanol–water partition coefficient (Wildman–Crippen LogP) is -2.72. The summed E-state index contributed by atoms with van der Waals surface area (Å²) in [6.45, 7) is 4.89. The summed E-state index contributed by atoms with van der Waals surface area (Å²) < 4.78 is 0. The third kappa shape index (κ3) is 11.6. The first-order valence-electron chi connectivity index (χ1n) is 10.9. The van der Waals surface area contributed by atoms with Gasteiger partial charge in [-0.1, -0.05) is 20.3 Å². The molecule has 0 fully saturated rings. The number of carboxylic acids is 1. The van der Waals surface area contributed by atoms with Gasteiger partial charge in [0.05, 0.1) is 12.1 Å². The number of amides is 4. The van der Waals surface area contributed by atoms with Gasteiger partial charge in [0.2, 0.25) is 23.6 Å². The van der Waals surface area contributed by atoms with Crippen molar-refractivity contribution in [1.82, 2.24) is 16.0 Å². The molecule has 0 rings (SSSR count). The molecule has 190 valence electrons. The van der Waals surface area contributed by atoms with E-state index in [1.807, 2.05) is 0 Å². The quantitative estimate of drug-likeness (QED) is 0.108.